The Morgan fingerprint density at radius 1 is 0.691 bits per heavy atom. The highest BCUT2D eigenvalue weighted by Crippen LogP contribution is 2.57. The molecule has 5 atom stereocenters. The van der Waals surface area contributed by atoms with Gasteiger partial charge in [0, 0.05) is 74.8 Å². The van der Waals surface area contributed by atoms with E-state index in [2.05, 4.69) is 16.0 Å². The van der Waals surface area contributed by atoms with Crippen LogP contribution in [0, 0.1) is 11.3 Å². The first-order chi connectivity index (χ1) is 46.7. The Kier molecular flexibility index (Phi) is 22.8. The molecule has 2 unspecified atom stereocenters. The molecule has 10 rings (SSSR count). The molecule has 1 aliphatic carbocycles. The molecule has 24 nitrogen and oxygen atoms in total. The number of methoxy groups -OCH3 is 3. The molecular weight excluding hydrogens is 1250 g/mol. The summed E-state index contributed by atoms with van der Waals surface area (Å²) in [5.74, 6) is -1.33. The van der Waals surface area contributed by atoms with Crippen LogP contribution in [-0.4, -0.2) is 163 Å². The zero-order chi connectivity index (χ0) is 69.1. The number of benzene rings is 4. The highest BCUT2D eigenvalue weighted by Gasteiger charge is 2.58. The van der Waals surface area contributed by atoms with Crippen molar-refractivity contribution in [2.24, 2.45) is 11.3 Å². The number of aryl methyl sites for hydroxylation is 1. The third kappa shape index (κ3) is 17.0. The van der Waals surface area contributed by atoms with Gasteiger partial charge < -0.3 is 59.3 Å². The molecule has 4 N–H and O–H groups in total. The number of carbonyl (C=O) groups is 10. The first-order valence-electron chi connectivity index (χ1n) is 33.5. The highest BCUT2D eigenvalue weighted by molar-refractivity contribution is 6.13. The number of hydrogen-bond acceptors (Lipinski definition) is 17. The van der Waals surface area contributed by atoms with Crippen LogP contribution in [0.2, 0.25) is 0 Å². The van der Waals surface area contributed by atoms with Crippen LogP contribution in [0.15, 0.2) is 91.1 Å². The molecule has 0 radical (unpaired) electrons. The molecule has 5 heterocycles. The standard InChI is InChI=1S/C73H87N7O17/c1-44(2)67(76-64(84)25-22-52(81)40-74-63(83)13-9-7-10-30-77-65(85)26-27-66(77)86)68(87)75-45(3)58(82)33-46-14-16-47(17-15-46)42-97-72(91)80-56-38-62(60(94-6)37-55(56)70(89)79-43-73(28-29-73)39-57(79)71(80)90)96-32-12-8-11-31-95-61-35-49-18-21-51-34-50(48-19-23-53(92-4)24-20-48)41-78(51)69(88)54(49)36-59(61)93-5/h14-17,19-20,23-24,26-27,35-38,41,44-45,51,57,67,71,90H,7-13,18,21-22,25,28-34,39-40,42-43H2,1-6H3,(H,74,83)(H,75,87)(H,76,84)/t45?,51-,57-,67+,71?/m0/s1. The summed E-state index contributed by atoms with van der Waals surface area (Å²) in [6, 6.07) is 18.8. The Bertz CT molecular complexity index is 3690. The molecule has 4 aromatic rings. The maximum Gasteiger partial charge on any atom is 0.416 e. The van der Waals surface area contributed by atoms with Crippen molar-refractivity contribution in [3.8, 4) is 28.7 Å². The van der Waals surface area contributed by atoms with E-state index in [1.165, 1.54) is 25.3 Å². The minimum atomic E-state index is -1.46. The molecule has 1 saturated carbocycles. The molecule has 24 heteroatoms. The Morgan fingerprint density at radius 3 is 2.01 bits per heavy atom. The summed E-state index contributed by atoms with van der Waals surface area (Å²) in [7, 11) is 4.66. The molecule has 1 spiro atoms. The van der Waals surface area contributed by atoms with Gasteiger partial charge in [-0.3, -0.25) is 48.1 Å². The van der Waals surface area contributed by atoms with Crippen molar-refractivity contribution < 1.29 is 81.5 Å². The summed E-state index contributed by atoms with van der Waals surface area (Å²) in [6.07, 6.45) is 9.95. The summed E-state index contributed by atoms with van der Waals surface area (Å²) in [5.41, 5.74) is 4.98. The number of rotatable bonds is 32. The number of anilines is 1. The summed E-state index contributed by atoms with van der Waals surface area (Å²) in [4.78, 5) is 137. The smallest absolute Gasteiger partial charge is 0.416 e. The topological polar surface area (TPSA) is 295 Å². The first kappa shape index (κ1) is 70.2. The number of nitrogens with zero attached hydrogens (tertiary/aromatic N) is 4. The van der Waals surface area contributed by atoms with Gasteiger partial charge in [-0.1, -0.05) is 56.7 Å². The fourth-order valence-electron chi connectivity index (χ4n) is 13.1. The Hall–Kier alpha value is -9.58. The van der Waals surface area contributed by atoms with E-state index in [0.717, 1.165) is 57.9 Å². The zero-order valence-corrected chi connectivity index (χ0v) is 55.9. The van der Waals surface area contributed by atoms with E-state index in [9.17, 15) is 53.1 Å². The molecule has 516 valence electrons. The van der Waals surface area contributed by atoms with Crippen molar-refractivity contribution in [3.05, 3.63) is 125 Å². The van der Waals surface area contributed by atoms with Crippen LogP contribution in [0.3, 0.4) is 0 Å². The van der Waals surface area contributed by atoms with Crippen molar-refractivity contribution >= 4 is 70.3 Å². The van der Waals surface area contributed by atoms with E-state index >= 15 is 0 Å². The maximum atomic E-state index is 14.5. The van der Waals surface area contributed by atoms with E-state index in [4.69, 9.17) is 28.4 Å². The van der Waals surface area contributed by atoms with Crippen molar-refractivity contribution in [1.82, 2.24) is 30.7 Å². The summed E-state index contributed by atoms with van der Waals surface area (Å²) in [5, 5.41) is 20.1. The predicted molar refractivity (Wildman–Crippen MR) is 356 cm³/mol. The van der Waals surface area contributed by atoms with Crippen LogP contribution in [0.1, 0.15) is 154 Å². The largest absolute Gasteiger partial charge is 0.497 e. The number of Topliss-reactive ketones (excluding diaryl/α,β-unsaturated/α-hetero) is 2. The van der Waals surface area contributed by atoms with Gasteiger partial charge in [-0.05, 0) is 147 Å². The average Bonchev–Trinajstić information content (AvgIpc) is 1.56. The van der Waals surface area contributed by atoms with Gasteiger partial charge in [0.1, 0.15) is 18.4 Å². The van der Waals surface area contributed by atoms with Crippen molar-refractivity contribution in [2.75, 3.05) is 59.1 Å². The van der Waals surface area contributed by atoms with Crippen LogP contribution in [0.25, 0.3) is 5.57 Å². The van der Waals surface area contributed by atoms with Gasteiger partial charge in [0.05, 0.1) is 64.4 Å². The second-order valence-electron chi connectivity index (χ2n) is 26.2. The van der Waals surface area contributed by atoms with E-state index in [0.29, 0.717) is 92.7 Å². The SMILES string of the molecule is COc1ccc(C2=CN3C(=O)c4cc(OC)c(OCCCCCOc5cc6c(cc5OC)C(=O)N5CC7(CC7)C[C@H]5C(O)N6C(=O)OCc5ccc(CC(=O)C(C)NC(=O)[C@H](NC(=O)CCC(=O)CNC(=O)CCCCCN6C(=O)C=CC6=O)C(C)C)cc5)cc4CC[C@H]3C2)cc1. The summed E-state index contributed by atoms with van der Waals surface area (Å²) < 4.78 is 35.3. The van der Waals surface area contributed by atoms with Crippen molar-refractivity contribution in [3.63, 3.8) is 0 Å². The number of fused-ring (bicyclic) bond motifs is 4. The van der Waals surface area contributed by atoms with Gasteiger partial charge in [-0.25, -0.2) is 9.69 Å². The van der Waals surface area contributed by atoms with Gasteiger partial charge >= 0.3 is 6.09 Å². The number of amides is 8. The predicted octanol–water partition coefficient (Wildman–Crippen LogP) is 7.72. The molecule has 4 aromatic carbocycles. The fourth-order valence-corrected chi connectivity index (χ4v) is 13.1. The minimum absolute atomic E-state index is 0.0388. The Labute approximate surface area is 564 Å². The van der Waals surface area contributed by atoms with Crippen LogP contribution in [0.5, 0.6) is 28.7 Å². The van der Waals surface area contributed by atoms with Gasteiger partial charge in [0.15, 0.2) is 40.8 Å². The second kappa shape index (κ2) is 31.5. The molecule has 2 fully saturated rings. The lowest BCUT2D eigenvalue weighted by Crippen LogP contribution is -2.53. The van der Waals surface area contributed by atoms with Crippen LogP contribution >= 0.6 is 0 Å². The number of unbranched alkanes of at least 4 members (excludes halogenated alkanes) is 4. The minimum Gasteiger partial charge on any atom is -0.497 e. The van der Waals surface area contributed by atoms with Gasteiger partial charge in [-0.15, -0.1) is 0 Å². The lowest BCUT2D eigenvalue weighted by atomic mass is 9.97. The Balaban J connectivity index is 0.680. The second-order valence-corrected chi connectivity index (χ2v) is 26.2. The van der Waals surface area contributed by atoms with Crippen molar-refractivity contribution in [1.29, 1.82) is 0 Å². The number of ether oxygens (including phenoxy) is 6. The number of nitrogens with one attached hydrogen (secondary N) is 3. The molecule has 0 bridgehead atoms. The molecule has 0 aromatic heterocycles. The molecule has 8 amide bonds. The third-order valence-corrected chi connectivity index (χ3v) is 19.0. The van der Waals surface area contributed by atoms with Crippen molar-refractivity contribution in [2.45, 2.75) is 161 Å². The zero-order valence-electron chi connectivity index (χ0n) is 55.9. The van der Waals surface area contributed by atoms with E-state index < -0.39 is 42.3 Å². The summed E-state index contributed by atoms with van der Waals surface area (Å²) in [6.45, 7) is 5.85. The third-order valence-electron chi connectivity index (χ3n) is 19.0. The molecule has 1 saturated heterocycles. The lowest BCUT2D eigenvalue weighted by molar-refractivity contribution is -0.137. The van der Waals surface area contributed by atoms with Crippen LogP contribution in [0.4, 0.5) is 10.5 Å². The number of carbonyl (C=O) groups excluding carboxylic acids is 10. The first-order valence-corrected chi connectivity index (χ1v) is 33.5. The normalized spacial score (nSPS) is 18.6. The van der Waals surface area contributed by atoms with Gasteiger partial charge in [0.2, 0.25) is 17.7 Å². The van der Waals surface area contributed by atoms with Crippen LogP contribution in [-0.2, 0) is 57.7 Å². The average molecular weight is 1330 g/mol. The fraction of sp³-hybridized carbons (Fsp3) is 0.479. The molecular formula is C73H87N7O17. The van der Waals surface area contributed by atoms with Gasteiger partial charge in [0.25, 0.3) is 23.6 Å². The number of aliphatic hydroxyl groups excluding tert-OH is 1. The van der Waals surface area contributed by atoms with E-state index in [1.54, 1.807) is 76.3 Å². The number of hydrogen-bond donors (Lipinski definition) is 4. The molecule has 6 aliphatic rings. The van der Waals surface area contributed by atoms with Gasteiger partial charge in [-0.2, -0.15) is 0 Å². The summed E-state index contributed by atoms with van der Waals surface area (Å²) >= 11 is 0. The van der Waals surface area contributed by atoms with E-state index in [1.807, 2.05) is 41.4 Å². The number of ketones is 2. The molecule has 5 aliphatic heterocycles. The molecule has 97 heavy (non-hydrogen) atoms. The number of aliphatic hydroxyl groups is 1. The lowest BCUT2D eigenvalue weighted by Gasteiger charge is -2.31. The highest BCUT2D eigenvalue weighted by atomic mass is 16.6. The quantitative estimate of drug-likeness (QED) is 0.0269. The Morgan fingerprint density at radius 2 is 1.35 bits per heavy atom. The monoisotopic (exact) mass is 1330 g/mol. The van der Waals surface area contributed by atoms with Crippen LogP contribution < -0.4 is 44.5 Å². The van der Waals surface area contributed by atoms with E-state index in [-0.39, 0.29) is 133 Å². The maximum absolute atomic E-state index is 14.5. The number of imide groups is 1.